The average Bonchev–Trinajstić information content (AvgIpc) is 2.56. The molecule has 0 spiro atoms. The summed E-state index contributed by atoms with van der Waals surface area (Å²) >= 11 is 5.91. The molecule has 6 nitrogen and oxygen atoms in total. The number of hydrogen-bond donors (Lipinski definition) is 2. The molecule has 1 amide bonds. The maximum Gasteiger partial charge on any atom is 0.335 e. The summed E-state index contributed by atoms with van der Waals surface area (Å²) < 4.78 is 5.34. The predicted octanol–water partition coefficient (Wildman–Crippen LogP) is 2.88. The lowest BCUT2D eigenvalue weighted by molar-refractivity contribution is -0.123. The number of benzene rings is 2. The maximum absolute atomic E-state index is 11.6. The zero-order valence-corrected chi connectivity index (χ0v) is 13.6. The molecule has 0 saturated carbocycles. The lowest BCUT2D eigenvalue weighted by atomic mass is 10.1. The molecule has 0 radical (unpaired) electrons. The first-order valence-corrected chi connectivity index (χ1v) is 7.38. The van der Waals surface area contributed by atoms with Gasteiger partial charge in [0.25, 0.3) is 5.91 Å². The number of carbonyl (C=O) groups excluding carboxylic acids is 1. The van der Waals surface area contributed by atoms with Gasteiger partial charge in [0.15, 0.2) is 6.61 Å². The van der Waals surface area contributed by atoms with E-state index < -0.39 is 11.9 Å². The Balaban J connectivity index is 1.81. The van der Waals surface area contributed by atoms with Crippen LogP contribution in [0.3, 0.4) is 0 Å². The summed E-state index contributed by atoms with van der Waals surface area (Å²) in [6, 6.07) is 11.2. The van der Waals surface area contributed by atoms with E-state index in [0.29, 0.717) is 16.3 Å². The summed E-state index contributed by atoms with van der Waals surface area (Å²) in [4.78, 5) is 22.4. The fourth-order valence-corrected chi connectivity index (χ4v) is 1.90. The Morgan fingerprint density at radius 3 is 2.58 bits per heavy atom. The quantitative estimate of drug-likeness (QED) is 0.622. The van der Waals surface area contributed by atoms with Crippen molar-refractivity contribution in [1.29, 1.82) is 0 Å². The highest BCUT2D eigenvalue weighted by atomic mass is 35.5. The summed E-state index contributed by atoms with van der Waals surface area (Å²) in [6.45, 7) is 1.66. The number of carboxylic acid groups (broad SMARTS) is 1. The van der Waals surface area contributed by atoms with Gasteiger partial charge >= 0.3 is 5.97 Å². The molecule has 2 N–H and O–H groups in total. The maximum atomic E-state index is 11.6. The molecule has 0 heterocycles. The summed E-state index contributed by atoms with van der Waals surface area (Å²) in [6.07, 6.45) is 1.41. The Hall–Kier alpha value is -2.86. The van der Waals surface area contributed by atoms with Gasteiger partial charge < -0.3 is 9.84 Å². The van der Waals surface area contributed by atoms with Crippen molar-refractivity contribution >= 4 is 29.7 Å². The monoisotopic (exact) mass is 346 g/mol. The molecule has 0 unspecified atom stereocenters. The van der Waals surface area contributed by atoms with E-state index in [0.717, 1.165) is 5.56 Å². The summed E-state index contributed by atoms with van der Waals surface area (Å²) in [5, 5.41) is 13.2. The van der Waals surface area contributed by atoms with E-state index in [-0.39, 0.29) is 12.2 Å². The Morgan fingerprint density at radius 2 is 1.96 bits per heavy atom. The van der Waals surface area contributed by atoms with Gasteiger partial charge in [0.05, 0.1) is 11.8 Å². The third kappa shape index (κ3) is 5.10. The SMILES string of the molecule is Cc1cc(OCC(=O)N/N=C\c2ccc(C(=O)O)cc2)ccc1Cl. The number of carbonyl (C=O) groups is 2. The zero-order chi connectivity index (χ0) is 17.5. The number of nitrogens with zero attached hydrogens (tertiary/aromatic N) is 1. The first-order valence-electron chi connectivity index (χ1n) is 7.00. The van der Waals surface area contributed by atoms with Crippen LogP contribution in [0.5, 0.6) is 5.75 Å². The van der Waals surface area contributed by atoms with Gasteiger partial charge in [-0.2, -0.15) is 5.10 Å². The van der Waals surface area contributed by atoms with Crippen LogP contribution in [0.25, 0.3) is 0 Å². The van der Waals surface area contributed by atoms with Crippen LogP contribution < -0.4 is 10.2 Å². The van der Waals surface area contributed by atoms with E-state index in [1.807, 2.05) is 6.92 Å². The van der Waals surface area contributed by atoms with Crippen molar-refractivity contribution in [3.63, 3.8) is 0 Å². The smallest absolute Gasteiger partial charge is 0.335 e. The summed E-state index contributed by atoms with van der Waals surface area (Å²) in [5.74, 6) is -0.873. The molecule has 0 fully saturated rings. The third-order valence-corrected chi connectivity index (χ3v) is 3.48. The molecule has 2 aromatic rings. The van der Waals surface area contributed by atoms with E-state index in [1.54, 1.807) is 30.3 Å². The lowest BCUT2D eigenvalue weighted by Crippen LogP contribution is -2.24. The molecule has 0 bridgehead atoms. The Morgan fingerprint density at radius 1 is 1.25 bits per heavy atom. The first-order chi connectivity index (χ1) is 11.5. The van der Waals surface area contributed by atoms with Crippen LogP contribution >= 0.6 is 11.6 Å². The largest absolute Gasteiger partial charge is 0.484 e. The predicted molar refractivity (Wildman–Crippen MR) is 90.8 cm³/mol. The van der Waals surface area contributed by atoms with Gasteiger partial charge in [-0.15, -0.1) is 0 Å². The minimum Gasteiger partial charge on any atom is -0.484 e. The standard InChI is InChI=1S/C17H15ClN2O4/c1-11-8-14(6-7-15(11)18)24-10-16(21)20-19-9-12-2-4-13(5-3-12)17(22)23/h2-9H,10H2,1H3,(H,20,21)(H,22,23)/b19-9-. The van der Waals surface area contributed by atoms with E-state index >= 15 is 0 Å². The van der Waals surface area contributed by atoms with Gasteiger partial charge in [-0.1, -0.05) is 23.7 Å². The van der Waals surface area contributed by atoms with E-state index in [2.05, 4.69) is 10.5 Å². The van der Waals surface area contributed by atoms with E-state index in [1.165, 1.54) is 18.3 Å². The highest BCUT2D eigenvalue weighted by Crippen LogP contribution is 2.20. The van der Waals surface area contributed by atoms with Gasteiger partial charge in [0.2, 0.25) is 0 Å². The van der Waals surface area contributed by atoms with Crippen molar-refractivity contribution in [2.75, 3.05) is 6.61 Å². The van der Waals surface area contributed by atoms with Crippen LogP contribution in [0.15, 0.2) is 47.6 Å². The van der Waals surface area contributed by atoms with Crippen molar-refractivity contribution in [3.8, 4) is 5.75 Å². The van der Waals surface area contributed by atoms with Crippen molar-refractivity contribution in [3.05, 3.63) is 64.2 Å². The number of rotatable bonds is 6. The molecule has 124 valence electrons. The summed E-state index contributed by atoms with van der Waals surface area (Å²) in [7, 11) is 0. The van der Waals surface area contributed by atoms with Crippen molar-refractivity contribution in [2.45, 2.75) is 6.92 Å². The van der Waals surface area contributed by atoms with Crippen LogP contribution in [-0.4, -0.2) is 29.8 Å². The van der Waals surface area contributed by atoms with Crippen LogP contribution in [0, 0.1) is 6.92 Å². The number of halogens is 1. The first kappa shape index (κ1) is 17.5. The van der Waals surface area contributed by atoms with Gasteiger partial charge in [-0.05, 0) is 48.4 Å². The van der Waals surface area contributed by atoms with Gasteiger partial charge in [-0.3, -0.25) is 4.79 Å². The molecule has 2 aromatic carbocycles. The second-order valence-electron chi connectivity index (χ2n) is 4.92. The Bertz CT molecular complexity index is 773. The lowest BCUT2D eigenvalue weighted by Gasteiger charge is -2.06. The average molecular weight is 347 g/mol. The van der Waals surface area contributed by atoms with Crippen LogP contribution in [0.1, 0.15) is 21.5 Å². The second-order valence-corrected chi connectivity index (χ2v) is 5.33. The molecule has 2 rings (SSSR count). The van der Waals surface area contributed by atoms with E-state index in [9.17, 15) is 9.59 Å². The van der Waals surface area contributed by atoms with Crippen molar-refractivity contribution in [1.82, 2.24) is 5.43 Å². The molecular weight excluding hydrogens is 332 g/mol. The molecular formula is C17H15ClN2O4. The molecule has 0 aliphatic heterocycles. The number of ether oxygens (including phenoxy) is 1. The molecule has 0 aromatic heterocycles. The fraction of sp³-hybridized carbons (Fsp3) is 0.118. The molecule has 7 heteroatoms. The second kappa shape index (κ2) is 8.12. The molecule has 0 atom stereocenters. The van der Waals surface area contributed by atoms with Crippen molar-refractivity contribution < 1.29 is 19.4 Å². The normalized spacial score (nSPS) is 10.6. The van der Waals surface area contributed by atoms with Crippen LogP contribution in [0.2, 0.25) is 5.02 Å². The molecule has 0 aliphatic rings. The third-order valence-electron chi connectivity index (χ3n) is 3.06. The molecule has 24 heavy (non-hydrogen) atoms. The number of aromatic carboxylic acids is 1. The fourth-order valence-electron chi connectivity index (χ4n) is 1.78. The van der Waals surface area contributed by atoms with E-state index in [4.69, 9.17) is 21.4 Å². The number of aryl methyl sites for hydroxylation is 1. The van der Waals surface area contributed by atoms with Crippen molar-refractivity contribution in [2.24, 2.45) is 5.10 Å². The van der Waals surface area contributed by atoms with Crippen LogP contribution in [0.4, 0.5) is 0 Å². The minimum atomic E-state index is -0.999. The molecule has 0 saturated heterocycles. The highest BCUT2D eigenvalue weighted by molar-refractivity contribution is 6.31. The Labute approximate surface area is 143 Å². The number of nitrogens with one attached hydrogen (secondary N) is 1. The zero-order valence-electron chi connectivity index (χ0n) is 12.8. The number of hydrazone groups is 1. The molecule has 0 aliphatic carbocycles. The Kier molecular flexibility index (Phi) is 5.92. The number of hydrogen-bond acceptors (Lipinski definition) is 4. The van der Waals surface area contributed by atoms with Gasteiger partial charge in [0.1, 0.15) is 5.75 Å². The number of amides is 1. The van der Waals surface area contributed by atoms with Gasteiger partial charge in [0, 0.05) is 5.02 Å². The minimum absolute atomic E-state index is 0.183. The summed E-state index contributed by atoms with van der Waals surface area (Å²) in [5.41, 5.74) is 4.03. The van der Waals surface area contributed by atoms with Gasteiger partial charge in [-0.25, -0.2) is 10.2 Å². The topological polar surface area (TPSA) is 88.0 Å². The highest BCUT2D eigenvalue weighted by Gasteiger charge is 2.03. The van der Waals surface area contributed by atoms with Crippen LogP contribution in [-0.2, 0) is 4.79 Å². The number of carboxylic acids is 1.